The van der Waals surface area contributed by atoms with Gasteiger partial charge in [0.1, 0.15) is 0 Å². The quantitative estimate of drug-likeness (QED) is 0.515. The van der Waals surface area contributed by atoms with Gasteiger partial charge in [-0.25, -0.2) is 0 Å². The van der Waals surface area contributed by atoms with Crippen molar-refractivity contribution in [3.8, 4) is 0 Å². The SMILES string of the molecule is CC(C)(C)N1CC2C[C@@]2(C)C1. The van der Waals surface area contributed by atoms with E-state index in [0.29, 0.717) is 11.0 Å². The maximum atomic E-state index is 2.63. The smallest absolute Gasteiger partial charge is 0.0125 e. The molecule has 1 heteroatoms. The van der Waals surface area contributed by atoms with Crippen LogP contribution in [0.1, 0.15) is 34.1 Å². The van der Waals surface area contributed by atoms with Crippen LogP contribution in [0.4, 0.5) is 0 Å². The Morgan fingerprint density at radius 3 is 2.27 bits per heavy atom. The summed E-state index contributed by atoms with van der Waals surface area (Å²) in [5, 5.41) is 0. The molecule has 1 saturated carbocycles. The first-order chi connectivity index (χ1) is 4.92. The number of hydrogen-bond donors (Lipinski definition) is 0. The largest absolute Gasteiger partial charge is 0.298 e. The maximum absolute atomic E-state index is 2.63. The Balaban J connectivity index is 2.03. The van der Waals surface area contributed by atoms with E-state index in [4.69, 9.17) is 0 Å². The van der Waals surface area contributed by atoms with E-state index >= 15 is 0 Å². The minimum absolute atomic E-state index is 0.399. The second-order valence-corrected chi connectivity index (χ2v) is 5.61. The molecule has 0 spiro atoms. The van der Waals surface area contributed by atoms with E-state index in [1.54, 1.807) is 0 Å². The molecule has 0 amide bonds. The number of likely N-dealkylation sites (tertiary alicyclic amines) is 1. The number of hydrogen-bond acceptors (Lipinski definition) is 1. The van der Waals surface area contributed by atoms with E-state index < -0.39 is 0 Å². The van der Waals surface area contributed by atoms with Crippen LogP contribution in [0, 0.1) is 11.3 Å². The van der Waals surface area contributed by atoms with Crippen molar-refractivity contribution in [2.24, 2.45) is 11.3 Å². The third kappa shape index (κ3) is 1.10. The van der Waals surface area contributed by atoms with Crippen molar-refractivity contribution in [3.63, 3.8) is 0 Å². The van der Waals surface area contributed by atoms with Gasteiger partial charge in [-0.05, 0) is 38.5 Å². The Labute approximate surface area is 69.8 Å². The minimum Gasteiger partial charge on any atom is -0.298 e. The summed E-state index contributed by atoms with van der Waals surface area (Å²) < 4.78 is 0. The van der Waals surface area contributed by atoms with Gasteiger partial charge >= 0.3 is 0 Å². The number of fused-ring (bicyclic) bond motifs is 1. The van der Waals surface area contributed by atoms with Gasteiger partial charge in [0.25, 0.3) is 0 Å². The maximum Gasteiger partial charge on any atom is 0.0125 e. The van der Waals surface area contributed by atoms with Crippen LogP contribution in [0.15, 0.2) is 0 Å². The first kappa shape index (κ1) is 7.60. The van der Waals surface area contributed by atoms with Crippen LogP contribution in [0.25, 0.3) is 0 Å². The molecular weight excluding hydrogens is 134 g/mol. The zero-order valence-electron chi connectivity index (χ0n) is 8.15. The van der Waals surface area contributed by atoms with Crippen LogP contribution in [0.2, 0.25) is 0 Å². The van der Waals surface area contributed by atoms with E-state index in [-0.39, 0.29) is 0 Å². The monoisotopic (exact) mass is 153 g/mol. The average molecular weight is 153 g/mol. The van der Waals surface area contributed by atoms with Crippen molar-refractivity contribution in [2.75, 3.05) is 13.1 Å². The molecular formula is C10H19N. The third-order valence-electron chi connectivity index (χ3n) is 3.48. The van der Waals surface area contributed by atoms with Gasteiger partial charge in [0.2, 0.25) is 0 Å². The van der Waals surface area contributed by atoms with Gasteiger partial charge in [-0.1, -0.05) is 6.92 Å². The normalized spacial score (nSPS) is 44.2. The lowest BCUT2D eigenvalue weighted by atomic mass is 10.1. The highest BCUT2D eigenvalue weighted by Gasteiger charge is 2.57. The Kier molecular flexibility index (Phi) is 1.26. The Hall–Kier alpha value is -0.0400. The van der Waals surface area contributed by atoms with Crippen LogP contribution in [-0.4, -0.2) is 23.5 Å². The zero-order chi connectivity index (χ0) is 8.28. The van der Waals surface area contributed by atoms with Gasteiger partial charge in [-0.2, -0.15) is 0 Å². The van der Waals surface area contributed by atoms with Crippen molar-refractivity contribution < 1.29 is 0 Å². The molecule has 0 aromatic heterocycles. The third-order valence-corrected chi connectivity index (χ3v) is 3.48. The fourth-order valence-corrected chi connectivity index (χ4v) is 2.26. The summed E-state index contributed by atoms with van der Waals surface area (Å²) in [6.07, 6.45) is 1.49. The first-order valence-corrected chi connectivity index (χ1v) is 4.67. The second kappa shape index (κ2) is 1.82. The Morgan fingerprint density at radius 2 is 2.00 bits per heavy atom. The number of rotatable bonds is 0. The summed E-state index contributed by atoms with van der Waals surface area (Å²) in [4.78, 5) is 2.63. The summed E-state index contributed by atoms with van der Waals surface area (Å²) in [6, 6.07) is 0. The highest BCUT2D eigenvalue weighted by atomic mass is 15.2. The van der Waals surface area contributed by atoms with Gasteiger partial charge < -0.3 is 0 Å². The van der Waals surface area contributed by atoms with Gasteiger partial charge in [0, 0.05) is 18.6 Å². The lowest BCUT2D eigenvalue weighted by molar-refractivity contribution is 0.147. The molecule has 1 aliphatic carbocycles. The molecule has 2 fully saturated rings. The first-order valence-electron chi connectivity index (χ1n) is 4.67. The second-order valence-electron chi connectivity index (χ2n) is 5.61. The van der Waals surface area contributed by atoms with Crippen LogP contribution >= 0.6 is 0 Å². The van der Waals surface area contributed by atoms with E-state index in [9.17, 15) is 0 Å². The lowest BCUT2D eigenvalue weighted by Gasteiger charge is -2.33. The number of piperidine rings is 1. The molecule has 1 saturated heterocycles. The summed E-state index contributed by atoms with van der Waals surface area (Å²) in [5.74, 6) is 1.03. The van der Waals surface area contributed by atoms with Crippen LogP contribution in [0.5, 0.6) is 0 Å². The molecule has 0 aromatic rings. The Bertz CT molecular complexity index is 180. The van der Waals surface area contributed by atoms with E-state index in [0.717, 1.165) is 5.92 Å². The summed E-state index contributed by atoms with van der Waals surface area (Å²) >= 11 is 0. The molecule has 2 atom stereocenters. The van der Waals surface area contributed by atoms with Crippen molar-refractivity contribution in [1.29, 1.82) is 0 Å². The molecule has 64 valence electrons. The molecule has 0 N–H and O–H groups in total. The molecule has 0 aromatic carbocycles. The summed E-state index contributed by atoms with van der Waals surface area (Å²) in [5.41, 5.74) is 1.11. The molecule has 1 unspecified atom stereocenters. The fourth-order valence-electron chi connectivity index (χ4n) is 2.26. The van der Waals surface area contributed by atoms with Gasteiger partial charge in [0.15, 0.2) is 0 Å². The predicted molar refractivity (Wildman–Crippen MR) is 47.5 cm³/mol. The van der Waals surface area contributed by atoms with Crippen LogP contribution in [0.3, 0.4) is 0 Å². The van der Waals surface area contributed by atoms with Crippen molar-refractivity contribution in [3.05, 3.63) is 0 Å². The van der Waals surface area contributed by atoms with E-state index in [2.05, 4.69) is 32.6 Å². The molecule has 0 bridgehead atoms. The highest BCUT2D eigenvalue weighted by Crippen LogP contribution is 2.58. The van der Waals surface area contributed by atoms with E-state index in [1.807, 2.05) is 0 Å². The topological polar surface area (TPSA) is 3.24 Å². The molecule has 2 rings (SSSR count). The van der Waals surface area contributed by atoms with E-state index in [1.165, 1.54) is 19.5 Å². The lowest BCUT2D eigenvalue weighted by Crippen LogP contribution is -2.41. The molecule has 1 aliphatic heterocycles. The molecule has 11 heavy (non-hydrogen) atoms. The molecule has 2 aliphatic rings. The molecule has 1 nitrogen and oxygen atoms in total. The molecule has 0 radical (unpaired) electrons. The van der Waals surface area contributed by atoms with Crippen molar-refractivity contribution in [2.45, 2.75) is 39.7 Å². The summed E-state index contributed by atoms with van der Waals surface area (Å²) in [7, 11) is 0. The predicted octanol–water partition coefficient (Wildman–Crippen LogP) is 2.13. The van der Waals surface area contributed by atoms with Crippen molar-refractivity contribution >= 4 is 0 Å². The van der Waals surface area contributed by atoms with Gasteiger partial charge in [0.05, 0.1) is 0 Å². The summed E-state index contributed by atoms with van der Waals surface area (Å²) in [6.45, 7) is 12.1. The standard InChI is InChI=1S/C10H19N/c1-9(2,3)11-6-8-5-10(8,4)7-11/h8H,5-7H2,1-4H3/t8?,10-/m0/s1. The van der Waals surface area contributed by atoms with Gasteiger partial charge in [-0.3, -0.25) is 4.90 Å². The highest BCUT2D eigenvalue weighted by molar-refractivity contribution is 5.09. The fraction of sp³-hybridized carbons (Fsp3) is 1.00. The number of nitrogens with zero attached hydrogens (tertiary/aromatic N) is 1. The van der Waals surface area contributed by atoms with Crippen molar-refractivity contribution in [1.82, 2.24) is 4.90 Å². The Morgan fingerprint density at radius 1 is 1.36 bits per heavy atom. The minimum atomic E-state index is 0.399. The van der Waals surface area contributed by atoms with Gasteiger partial charge in [-0.15, -0.1) is 0 Å². The van der Waals surface area contributed by atoms with Crippen LogP contribution in [-0.2, 0) is 0 Å². The molecule has 1 heterocycles. The van der Waals surface area contributed by atoms with Crippen LogP contribution < -0.4 is 0 Å². The average Bonchev–Trinajstić information content (AvgIpc) is 2.30. The zero-order valence-corrected chi connectivity index (χ0v) is 8.15.